The fraction of sp³-hybridized carbons (Fsp3) is 0.550. The van der Waals surface area contributed by atoms with Crippen LogP contribution in [0.2, 0.25) is 0 Å². The average molecular weight is 391 g/mol. The van der Waals surface area contributed by atoms with E-state index in [4.69, 9.17) is 5.11 Å². The number of piperidine rings is 1. The van der Waals surface area contributed by atoms with Crippen LogP contribution >= 0.6 is 0 Å². The standard InChI is InChI=1S/C20H26FN3O4/c21-16-5-1-2-6-17(16)23-20(28)24-11-3-4-14(12-24)18(25)22-15-9-7-13(8-10-15)19(26)27/h1-2,5-6,13-15H,3-4,7-12H2,(H,22,25)(H,23,28)(H,26,27). The lowest BCUT2D eigenvalue weighted by Gasteiger charge is -2.34. The molecule has 7 nitrogen and oxygen atoms in total. The minimum Gasteiger partial charge on any atom is -0.481 e. The first kappa shape index (κ1) is 20.1. The molecular weight excluding hydrogens is 365 g/mol. The van der Waals surface area contributed by atoms with Crippen LogP contribution in [-0.2, 0) is 9.59 Å². The summed E-state index contributed by atoms with van der Waals surface area (Å²) in [6.45, 7) is 0.810. The Hall–Kier alpha value is -2.64. The molecule has 0 aromatic heterocycles. The summed E-state index contributed by atoms with van der Waals surface area (Å²) in [4.78, 5) is 37.6. The zero-order chi connectivity index (χ0) is 20.1. The molecule has 3 rings (SSSR count). The number of hydrogen-bond donors (Lipinski definition) is 3. The van der Waals surface area contributed by atoms with Gasteiger partial charge in [-0.25, -0.2) is 9.18 Å². The van der Waals surface area contributed by atoms with Gasteiger partial charge in [0.2, 0.25) is 5.91 Å². The molecule has 2 fully saturated rings. The van der Waals surface area contributed by atoms with Gasteiger partial charge >= 0.3 is 12.0 Å². The van der Waals surface area contributed by atoms with Crippen molar-refractivity contribution in [1.29, 1.82) is 0 Å². The Balaban J connectivity index is 1.50. The second-order valence-corrected chi connectivity index (χ2v) is 7.59. The minimum absolute atomic E-state index is 0.00859. The summed E-state index contributed by atoms with van der Waals surface area (Å²) in [5.74, 6) is -1.99. The number of amides is 3. The number of rotatable bonds is 4. The maximum Gasteiger partial charge on any atom is 0.321 e. The van der Waals surface area contributed by atoms with Gasteiger partial charge in [-0.05, 0) is 50.7 Å². The Morgan fingerprint density at radius 1 is 1.04 bits per heavy atom. The lowest BCUT2D eigenvalue weighted by atomic mass is 9.85. The van der Waals surface area contributed by atoms with Crippen LogP contribution in [0.4, 0.5) is 14.9 Å². The molecule has 1 atom stereocenters. The van der Waals surface area contributed by atoms with Crippen LogP contribution in [0.3, 0.4) is 0 Å². The van der Waals surface area contributed by atoms with E-state index in [1.165, 1.54) is 12.1 Å². The molecule has 1 heterocycles. The number of anilines is 1. The van der Waals surface area contributed by atoms with Crippen LogP contribution in [0, 0.1) is 17.7 Å². The Labute approximate surface area is 163 Å². The third-order valence-electron chi connectivity index (χ3n) is 5.62. The average Bonchev–Trinajstić information content (AvgIpc) is 2.70. The van der Waals surface area contributed by atoms with Crippen molar-refractivity contribution in [2.24, 2.45) is 11.8 Å². The van der Waals surface area contributed by atoms with Gasteiger partial charge in [-0.2, -0.15) is 0 Å². The number of carboxylic acid groups (broad SMARTS) is 1. The number of aliphatic carboxylic acids is 1. The first-order chi connectivity index (χ1) is 13.4. The van der Waals surface area contributed by atoms with Gasteiger partial charge in [0.1, 0.15) is 5.82 Å². The molecular formula is C20H26FN3O4. The molecule has 0 spiro atoms. The van der Waals surface area contributed by atoms with E-state index >= 15 is 0 Å². The number of nitrogens with zero attached hydrogens (tertiary/aromatic N) is 1. The number of halogens is 1. The van der Waals surface area contributed by atoms with Gasteiger partial charge in [0, 0.05) is 19.1 Å². The first-order valence-electron chi connectivity index (χ1n) is 9.77. The number of para-hydroxylation sites is 1. The third kappa shape index (κ3) is 4.99. The van der Waals surface area contributed by atoms with Crippen LogP contribution in [0.15, 0.2) is 24.3 Å². The molecule has 1 aliphatic heterocycles. The number of carboxylic acids is 1. The van der Waals surface area contributed by atoms with E-state index in [0.717, 1.165) is 0 Å². The van der Waals surface area contributed by atoms with Crippen LogP contribution in [0.25, 0.3) is 0 Å². The topological polar surface area (TPSA) is 98.7 Å². The zero-order valence-corrected chi connectivity index (χ0v) is 15.7. The second kappa shape index (κ2) is 9.03. The van der Waals surface area contributed by atoms with E-state index in [0.29, 0.717) is 45.1 Å². The van der Waals surface area contributed by atoms with Gasteiger partial charge in [0.05, 0.1) is 17.5 Å². The number of nitrogens with one attached hydrogen (secondary N) is 2. The third-order valence-corrected chi connectivity index (χ3v) is 5.62. The van der Waals surface area contributed by atoms with E-state index < -0.39 is 17.8 Å². The highest BCUT2D eigenvalue weighted by molar-refractivity contribution is 5.90. The highest BCUT2D eigenvalue weighted by atomic mass is 19.1. The van der Waals surface area contributed by atoms with Gasteiger partial charge in [0.25, 0.3) is 0 Å². The molecule has 0 radical (unpaired) electrons. The number of hydrogen-bond acceptors (Lipinski definition) is 3. The van der Waals surface area contributed by atoms with E-state index in [1.54, 1.807) is 17.0 Å². The maximum absolute atomic E-state index is 13.7. The van der Waals surface area contributed by atoms with Crippen LogP contribution in [0.5, 0.6) is 0 Å². The summed E-state index contributed by atoms with van der Waals surface area (Å²) in [6.07, 6.45) is 3.86. The van der Waals surface area contributed by atoms with Crippen molar-refractivity contribution in [1.82, 2.24) is 10.2 Å². The molecule has 1 saturated carbocycles. The van der Waals surface area contributed by atoms with Crippen LogP contribution < -0.4 is 10.6 Å². The van der Waals surface area contributed by atoms with Crippen molar-refractivity contribution in [3.63, 3.8) is 0 Å². The molecule has 28 heavy (non-hydrogen) atoms. The minimum atomic E-state index is -0.770. The lowest BCUT2D eigenvalue weighted by molar-refractivity contribution is -0.142. The summed E-state index contributed by atoms with van der Waals surface area (Å²) in [6, 6.07) is 5.55. The van der Waals surface area contributed by atoms with E-state index in [9.17, 15) is 18.8 Å². The van der Waals surface area contributed by atoms with Crippen molar-refractivity contribution in [3.8, 4) is 0 Å². The Bertz CT molecular complexity index is 734. The molecule has 1 aromatic carbocycles. The summed E-state index contributed by atoms with van der Waals surface area (Å²) in [5, 5.41) is 14.6. The normalized spacial score (nSPS) is 25.0. The van der Waals surface area contributed by atoms with E-state index in [2.05, 4.69) is 10.6 Å². The first-order valence-corrected chi connectivity index (χ1v) is 9.77. The fourth-order valence-electron chi connectivity index (χ4n) is 3.94. The number of carbonyl (C=O) groups excluding carboxylic acids is 2. The zero-order valence-electron chi connectivity index (χ0n) is 15.7. The largest absolute Gasteiger partial charge is 0.481 e. The van der Waals surface area contributed by atoms with Gasteiger partial charge in [-0.1, -0.05) is 12.1 Å². The Morgan fingerprint density at radius 3 is 2.43 bits per heavy atom. The quantitative estimate of drug-likeness (QED) is 0.735. The molecule has 1 saturated heterocycles. The molecule has 1 aromatic rings. The number of carbonyl (C=O) groups is 3. The fourth-order valence-corrected chi connectivity index (χ4v) is 3.94. The van der Waals surface area contributed by atoms with Gasteiger partial charge in [-0.15, -0.1) is 0 Å². The predicted octanol–water partition coefficient (Wildman–Crippen LogP) is 2.83. The molecule has 1 aliphatic carbocycles. The van der Waals surface area contributed by atoms with Crippen molar-refractivity contribution < 1.29 is 23.9 Å². The molecule has 8 heteroatoms. The molecule has 0 bridgehead atoms. The Kier molecular flexibility index (Phi) is 6.49. The van der Waals surface area contributed by atoms with Crippen molar-refractivity contribution in [3.05, 3.63) is 30.1 Å². The smallest absolute Gasteiger partial charge is 0.321 e. The molecule has 3 N–H and O–H groups in total. The summed E-state index contributed by atoms with van der Waals surface area (Å²) < 4.78 is 13.7. The molecule has 152 valence electrons. The van der Waals surface area contributed by atoms with Gasteiger partial charge in [-0.3, -0.25) is 9.59 Å². The highest BCUT2D eigenvalue weighted by Crippen LogP contribution is 2.25. The SMILES string of the molecule is O=C(O)C1CCC(NC(=O)C2CCCN(C(=O)Nc3ccccc3F)C2)CC1. The number of likely N-dealkylation sites (tertiary alicyclic amines) is 1. The highest BCUT2D eigenvalue weighted by Gasteiger charge is 2.32. The van der Waals surface area contributed by atoms with Crippen molar-refractivity contribution in [2.75, 3.05) is 18.4 Å². The summed E-state index contributed by atoms with van der Waals surface area (Å²) >= 11 is 0. The number of urea groups is 1. The predicted molar refractivity (Wildman–Crippen MR) is 101 cm³/mol. The molecule has 3 amide bonds. The van der Waals surface area contributed by atoms with Crippen molar-refractivity contribution in [2.45, 2.75) is 44.6 Å². The summed E-state index contributed by atoms with van der Waals surface area (Å²) in [5.41, 5.74) is 0.120. The molecule has 1 unspecified atom stereocenters. The van der Waals surface area contributed by atoms with E-state index in [-0.39, 0.29) is 36.0 Å². The van der Waals surface area contributed by atoms with Crippen LogP contribution in [-0.4, -0.2) is 47.0 Å². The van der Waals surface area contributed by atoms with Crippen LogP contribution in [0.1, 0.15) is 38.5 Å². The summed E-state index contributed by atoms with van der Waals surface area (Å²) in [7, 11) is 0. The van der Waals surface area contributed by atoms with Gasteiger partial charge < -0.3 is 20.6 Å². The van der Waals surface area contributed by atoms with Crippen molar-refractivity contribution >= 4 is 23.6 Å². The second-order valence-electron chi connectivity index (χ2n) is 7.59. The molecule has 2 aliphatic rings. The Morgan fingerprint density at radius 2 is 1.75 bits per heavy atom. The van der Waals surface area contributed by atoms with Gasteiger partial charge in [0.15, 0.2) is 0 Å². The number of benzene rings is 1. The monoisotopic (exact) mass is 391 g/mol. The maximum atomic E-state index is 13.7. The lowest BCUT2D eigenvalue weighted by Crippen LogP contribution is -2.49. The van der Waals surface area contributed by atoms with E-state index in [1.807, 2.05) is 0 Å².